The highest BCUT2D eigenvalue weighted by Gasteiger charge is 2.34. The fourth-order valence-electron chi connectivity index (χ4n) is 3.77. The predicted molar refractivity (Wildman–Crippen MR) is 121 cm³/mol. The van der Waals surface area contributed by atoms with Crippen LogP contribution in [0.5, 0.6) is 5.75 Å². The molecule has 0 spiro atoms. The first-order chi connectivity index (χ1) is 14.6. The summed E-state index contributed by atoms with van der Waals surface area (Å²) in [6, 6.07) is 6.19. The molecule has 1 aromatic rings. The maximum atomic E-state index is 12.8. The average molecular weight is 432 g/mol. The van der Waals surface area contributed by atoms with Gasteiger partial charge in [0.1, 0.15) is 11.8 Å². The lowest BCUT2D eigenvalue weighted by atomic mass is 9.87. The Hall–Kier alpha value is -2.57. The number of hydrogen-bond donors (Lipinski definition) is 2. The second-order valence-electron chi connectivity index (χ2n) is 9.43. The number of benzene rings is 1. The molecule has 0 bridgehead atoms. The average Bonchev–Trinajstić information content (AvgIpc) is 2.74. The Bertz CT molecular complexity index is 747. The number of methoxy groups -OCH3 is 1. The van der Waals surface area contributed by atoms with Crippen molar-refractivity contribution >= 4 is 17.7 Å². The zero-order valence-electron chi connectivity index (χ0n) is 19.5. The Morgan fingerprint density at radius 3 is 2.26 bits per heavy atom. The molecular weight excluding hydrogens is 394 g/mol. The van der Waals surface area contributed by atoms with Crippen molar-refractivity contribution in [2.45, 2.75) is 59.4 Å². The van der Waals surface area contributed by atoms with Gasteiger partial charge in [0.25, 0.3) is 5.91 Å². The van der Waals surface area contributed by atoms with Crippen LogP contribution in [0.3, 0.4) is 0 Å². The van der Waals surface area contributed by atoms with E-state index in [9.17, 15) is 14.4 Å². The lowest BCUT2D eigenvalue weighted by Crippen LogP contribution is -2.54. The van der Waals surface area contributed by atoms with Gasteiger partial charge in [-0.05, 0) is 54.9 Å². The molecular formula is C24H37N3O4. The van der Waals surface area contributed by atoms with Crippen LogP contribution >= 0.6 is 0 Å². The van der Waals surface area contributed by atoms with Gasteiger partial charge in [0.05, 0.1) is 7.11 Å². The summed E-state index contributed by atoms with van der Waals surface area (Å²) < 4.78 is 5.14. The molecule has 1 atom stereocenters. The van der Waals surface area contributed by atoms with Crippen LogP contribution in [0.1, 0.15) is 63.7 Å². The van der Waals surface area contributed by atoms with Crippen LogP contribution in [-0.2, 0) is 9.59 Å². The van der Waals surface area contributed by atoms with Gasteiger partial charge in [-0.3, -0.25) is 14.4 Å². The van der Waals surface area contributed by atoms with Crippen molar-refractivity contribution in [3.63, 3.8) is 0 Å². The topological polar surface area (TPSA) is 87.7 Å². The minimum Gasteiger partial charge on any atom is -0.497 e. The number of carbonyl (C=O) groups is 3. The van der Waals surface area contributed by atoms with Crippen LogP contribution < -0.4 is 15.4 Å². The summed E-state index contributed by atoms with van der Waals surface area (Å²) in [6.45, 7) is 9.94. The fourth-order valence-corrected chi connectivity index (χ4v) is 3.77. The Morgan fingerprint density at radius 1 is 1.13 bits per heavy atom. The molecule has 31 heavy (non-hydrogen) atoms. The largest absolute Gasteiger partial charge is 0.497 e. The van der Waals surface area contributed by atoms with E-state index in [0.29, 0.717) is 50.2 Å². The van der Waals surface area contributed by atoms with E-state index in [1.165, 1.54) is 0 Å². The number of hydrogen-bond acceptors (Lipinski definition) is 4. The maximum Gasteiger partial charge on any atom is 0.251 e. The van der Waals surface area contributed by atoms with E-state index in [0.717, 1.165) is 6.42 Å². The van der Waals surface area contributed by atoms with E-state index >= 15 is 0 Å². The summed E-state index contributed by atoms with van der Waals surface area (Å²) in [5, 5.41) is 5.85. The quantitative estimate of drug-likeness (QED) is 0.662. The second kappa shape index (κ2) is 11.2. The number of piperidine rings is 1. The van der Waals surface area contributed by atoms with Crippen LogP contribution in [0.4, 0.5) is 0 Å². The zero-order chi connectivity index (χ0) is 23.0. The van der Waals surface area contributed by atoms with Crippen LogP contribution in [0.15, 0.2) is 24.3 Å². The molecule has 0 aromatic heterocycles. The first-order valence-electron chi connectivity index (χ1n) is 11.1. The summed E-state index contributed by atoms with van der Waals surface area (Å²) in [5.74, 6) is 0.354. The standard InChI is InChI=1S/C24H37N3O4/c1-6-13-25-23(30)21(26-22(29)18-7-9-19(31-5)10-8-18)17-11-14-27(15-12-17)20(28)16-24(2,3)4/h7-10,17,21H,6,11-16H2,1-5H3,(H,25,30)(H,26,29)/t21-/m1/s1. The highest BCUT2D eigenvalue weighted by molar-refractivity contribution is 5.97. The van der Waals surface area contributed by atoms with E-state index in [1.807, 2.05) is 11.8 Å². The van der Waals surface area contributed by atoms with Gasteiger partial charge < -0.3 is 20.3 Å². The first kappa shape index (κ1) is 24.7. The van der Waals surface area contributed by atoms with E-state index in [-0.39, 0.29) is 29.1 Å². The molecule has 0 radical (unpaired) electrons. The third kappa shape index (κ3) is 7.56. The summed E-state index contributed by atoms with van der Waals surface area (Å²) >= 11 is 0. The number of nitrogens with zero attached hydrogens (tertiary/aromatic N) is 1. The fraction of sp³-hybridized carbons (Fsp3) is 0.625. The molecule has 7 nitrogen and oxygen atoms in total. The SMILES string of the molecule is CCCNC(=O)[C@H](NC(=O)c1ccc(OC)cc1)C1CCN(C(=O)CC(C)(C)C)CC1. The van der Waals surface area contributed by atoms with Crippen molar-refractivity contribution < 1.29 is 19.1 Å². The minimum absolute atomic E-state index is 0.0160. The monoisotopic (exact) mass is 431 g/mol. The minimum atomic E-state index is -0.624. The Kier molecular flexibility index (Phi) is 8.89. The van der Waals surface area contributed by atoms with E-state index in [1.54, 1.807) is 31.4 Å². The molecule has 1 aliphatic rings. The van der Waals surface area contributed by atoms with Gasteiger partial charge in [0.15, 0.2) is 0 Å². The molecule has 0 saturated carbocycles. The second-order valence-corrected chi connectivity index (χ2v) is 9.43. The van der Waals surface area contributed by atoms with Crippen LogP contribution in [0.2, 0.25) is 0 Å². The van der Waals surface area contributed by atoms with Crippen molar-refractivity contribution in [1.29, 1.82) is 0 Å². The van der Waals surface area contributed by atoms with Gasteiger partial charge in [-0.15, -0.1) is 0 Å². The predicted octanol–water partition coefficient (Wildman–Crippen LogP) is 2.99. The zero-order valence-corrected chi connectivity index (χ0v) is 19.5. The lowest BCUT2D eigenvalue weighted by Gasteiger charge is -2.36. The Balaban J connectivity index is 2.05. The van der Waals surface area contributed by atoms with Gasteiger partial charge in [-0.1, -0.05) is 27.7 Å². The summed E-state index contributed by atoms with van der Waals surface area (Å²) in [5.41, 5.74) is 0.426. The number of amides is 3. The van der Waals surface area contributed by atoms with Crippen molar-refractivity contribution in [3.05, 3.63) is 29.8 Å². The van der Waals surface area contributed by atoms with Crippen LogP contribution in [-0.4, -0.2) is 55.4 Å². The molecule has 1 saturated heterocycles. The van der Waals surface area contributed by atoms with Gasteiger partial charge in [-0.25, -0.2) is 0 Å². The van der Waals surface area contributed by atoms with E-state index in [2.05, 4.69) is 31.4 Å². The summed E-state index contributed by atoms with van der Waals surface area (Å²) in [7, 11) is 1.57. The molecule has 7 heteroatoms. The maximum absolute atomic E-state index is 12.8. The number of nitrogens with one attached hydrogen (secondary N) is 2. The van der Waals surface area contributed by atoms with Crippen molar-refractivity contribution in [2.24, 2.45) is 11.3 Å². The number of ether oxygens (including phenoxy) is 1. The third-order valence-electron chi connectivity index (χ3n) is 5.52. The first-order valence-corrected chi connectivity index (χ1v) is 11.1. The highest BCUT2D eigenvalue weighted by atomic mass is 16.5. The van der Waals surface area contributed by atoms with Gasteiger partial charge >= 0.3 is 0 Å². The molecule has 172 valence electrons. The lowest BCUT2D eigenvalue weighted by molar-refractivity contribution is -0.134. The molecule has 1 aliphatic heterocycles. The summed E-state index contributed by atoms with van der Waals surface area (Å²) in [4.78, 5) is 40.1. The molecule has 1 heterocycles. The van der Waals surface area contributed by atoms with Gasteiger partial charge in [0.2, 0.25) is 11.8 Å². The number of carbonyl (C=O) groups excluding carboxylic acids is 3. The Morgan fingerprint density at radius 2 is 1.74 bits per heavy atom. The molecule has 3 amide bonds. The van der Waals surface area contributed by atoms with Crippen LogP contribution in [0.25, 0.3) is 0 Å². The van der Waals surface area contributed by atoms with Crippen molar-refractivity contribution in [2.75, 3.05) is 26.7 Å². The molecule has 2 N–H and O–H groups in total. The highest BCUT2D eigenvalue weighted by Crippen LogP contribution is 2.25. The van der Waals surface area contributed by atoms with E-state index < -0.39 is 6.04 Å². The van der Waals surface area contributed by atoms with Gasteiger partial charge in [-0.2, -0.15) is 0 Å². The molecule has 2 rings (SSSR count). The van der Waals surface area contributed by atoms with Gasteiger partial charge in [0, 0.05) is 31.6 Å². The normalized spacial score (nSPS) is 15.8. The number of likely N-dealkylation sites (tertiary alicyclic amines) is 1. The molecule has 0 aliphatic carbocycles. The van der Waals surface area contributed by atoms with Crippen molar-refractivity contribution in [1.82, 2.24) is 15.5 Å². The molecule has 1 fully saturated rings. The van der Waals surface area contributed by atoms with Crippen LogP contribution in [0, 0.1) is 11.3 Å². The van der Waals surface area contributed by atoms with E-state index in [4.69, 9.17) is 4.74 Å². The summed E-state index contributed by atoms with van der Waals surface area (Å²) in [6.07, 6.45) is 2.70. The molecule has 0 unspecified atom stereocenters. The smallest absolute Gasteiger partial charge is 0.251 e. The third-order valence-corrected chi connectivity index (χ3v) is 5.52. The molecule has 1 aromatic carbocycles. The number of rotatable bonds is 8. The Labute approximate surface area is 185 Å². The van der Waals surface area contributed by atoms with Crippen molar-refractivity contribution in [3.8, 4) is 5.75 Å².